The van der Waals surface area contributed by atoms with Crippen LogP contribution in [-0.2, 0) is 19.9 Å². The van der Waals surface area contributed by atoms with E-state index >= 15 is 0 Å². The van der Waals surface area contributed by atoms with Crippen molar-refractivity contribution in [1.29, 1.82) is 0 Å². The fraction of sp³-hybridized carbons (Fsp3) is 0.355. The van der Waals surface area contributed by atoms with Crippen molar-refractivity contribution < 1.29 is 24.1 Å². The fourth-order valence-electron chi connectivity index (χ4n) is 5.14. The number of allylic oxidation sites excluding steroid dienone is 4. The predicted molar refractivity (Wildman–Crippen MR) is 150 cm³/mol. The molecule has 1 atom stereocenters. The first-order valence-electron chi connectivity index (χ1n) is 13.4. The number of hydrogen-bond donors (Lipinski definition) is 1. The van der Waals surface area contributed by atoms with Crippen LogP contribution in [-0.4, -0.2) is 59.9 Å². The van der Waals surface area contributed by atoms with Crippen LogP contribution in [0, 0.1) is 0 Å². The second kappa shape index (κ2) is 12.3. The summed E-state index contributed by atoms with van der Waals surface area (Å²) in [5.41, 5.74) is 2.83. The molecule has 1 fully saturated rings. The van der Waals surface area contributed by atoms with Crippen LogP contribution in [0.5, 0.6) is 5.88 Å². The molecule has 0 amide bonds. The van der Waals surface area contributed by atoms with E-state index in [4.69, 9.17) is 25.8 Å². The van der Waals surface area contributed by atoms with E-state index in [1.165, 1.54) is 0 Å². The van der Waals surface area contributed by atoms with Gasteiger partial charge in [-0.2, -0.15) is 0 Å². The van der Waals surface area contributed by atoms with Crippen molar-refractivity contribution in [3.05, 3.63) is 100 Å². The van der Waals surface area contributed by atoms with Gasteiger partial charge in [-0.1, -0.05) is 42.0 Å². The highest BCUT2D eigenvalue weighted by molar-refractivity contribution is 6.30. The third-order valence-corrected chi connectivity index (χ3v) is 7.54. The molecule has 0 bridgehead atoms. The van der Waals surface area contributed by atoms with Gasteiger partial charge in [-0.15, -0.1) is 0 Å². The summed E-state index contributed by atoms with van der Waals surface area (Å²) in [5.74, 6) is 0.779. The molecule has 2 aliphatic heterocycles. The monoisotopic (exact) mass is 548 g/mol. The lowest BCUT2D eigenvalue weighted by Gasteiger charge is -2.38. The summed E-state index contributed by atoms with van der Waals surface area (Å²) >= 11 is 6.02. The van der Waals surface area contributed by atoms with Crippen LogP contribution in [0.3, 0.4) is 0 Å². The highest BCUT2D eigenvalue weighted by Gasteiger charge is 2.33. The van der Waals surface area contributed by atoms with Gasteiger partial charge >= 0.3 is 5.97 Å². The van der Waals surface area contributed by atoms with Gasteiger partial charge in [0, 0.05) is 42.0 Å². The summed E-state index contributed by atoms with van der Waals surface area (Å²) in [4.78, 5) is 18.7. The molecule has 39 heavy (non-hydrogen) atoms. The van der Waals surface area contributed by atoms with E-state index in [0.717, 1.165) is 48.3 Å². The number of carbonyl (C=O) groups excluding carboxylic acids is 1. The van der Waals surface area contributed by atoms with Crippen molar-refractivity contribution in [3.8, 4) is 5.88 Å². The third-order valence-electron chi connectivity index (χ3n) is 7.28. The number of hydrogen-bond acceptors (Lipinski definition) is 7. The molecular weight excluding hydrogens is 516 g/mol. The van der Waals surface area contributed by atoms with Crippen LogP contribution in [0.25, 0.3) is 5.57 Å². The van der Waals surface area contributed by atoms with Gasteiger partial charge in [-0.05, 0) is 73.7 Å². The first-order valence-corrected chi connectivity index (χ1v) is 13.7. The topological polar surface area (TPSA) is 81.1 Å². The summed E-state index contributed by atoms with van der Waals surface area (Å²) in [6.45, 7) is 4.43. The van der Waals surface area contributed by atoms with Gasteiger partial charge in [-0.3, -0.25) is 0 Å². The number of esters is 1. The molecule has 1 aromatic carbocycles. The van der Waals surface area contributed by atoms with Crippen molar-refractivity contribution in [2.24, 2.45) is 0 Å². The predicted octanol–water partition coefficient (Wildman–Crippen LogP) is 5.21. The Morgan fingerprint density at radius 1 is 1.26 bits per heavy atom. The number of aromatic nitrogens is 1. The molecule has 1 N–H and O–H groups in total. The zero-order valence-electron chi connectivity index (χ0n) is 22.0. The minimum absolute atomic E-state index is 0.144. The van der Waals surface area contributed by atoms with E-state index in [-0.39, 0.29) is 6.61 Å². The van der Waals surface area contributed by atoms with Crippen LogP contribution in [0.15, 0.2) is 84.3 Å². The standard InChI is InChI=1S/C31H33ClN2O5/c1-2-37-29(35)21-38-27-8-3-9-28-26(27)20-22(25-7-4-16-33-30(25)39-28)6-5-17-34-18-14-31(36,15-19-34)23-10-12-24(32)13-11-23/h3-4,6-13,16,20,27,36H,2,5,14-15,17-19,21H2,1H3. The van der Waals surface area contributed by atoms with Crippen LogP contribution in [0.1, 0.15) is 37.3 Å². The summed E-state index contributed by atoms with van der Waals surface area (Å²) in [7, 11) is 0. The molecule has 0 saturated carbocycles. The Labute approximate surface area is 234 Å². The van der Waals surface area contributed by atoms with Gasteiger partial charge in [0.15, 0.2) is 0 Å². The summed E-state index contributed by atoms with van der Waals surface area (Å²) in [6, 6.07) is 11.4. The maximum atomic E-state index is 11.9. The van der Waals surface area contributed by atoms with Crippen LogP contribution < -0.4 is 4.74 Å². The molecule has 0 spiro atoms. The lowest BCUT2D eigenvalue weighted by Crippen LogP contribution is -2.42. The van der Waals surface area contributed by atoms with Gasteiger partial charge < -0.3 is 24.2 Å². The summed E-state index contributed by atoms with van der Waals surface area (Å²) in [5, 5.41) is 11.9. The minimum atomic E-state index is -0.816. The van der Waals surface area contributed by atoms with Crippen molar-refractivity contribution in [2.75, 3.05) is 32.8 Å². The van der Waals surface area contributed by atoms with Crippen molar-refractivity contribution in [2.45, 2.75) is 37.9 Å². The SMILES string of the molecule is CCOC(=O)COC1C=CC=C2Oc3ncccc3C(=CCCN3CCC(O)(c4ccc(Cl)cc4)CC3)C=C21. The Balaban J connectivity index is 1.28. The molecule has 5 rings (SSSR count). The first-order chi connectivity index (χ1) is 18.9. The lowest BCUT2D eigenvalue weighted by molar-refractivity contribution is -0.149. The molecule has 7 nitrogen and oxygen atoms in total. The third kappa shape index (κ3) is 6.50. The van der Waals surface area contributed by atoms with Crippen molar-refractivity contribution >= 4 is 23.1 Å². The van der Waals surface area contributed by atoms with Gasteiger partial charge in [-0.25, -0.2) is 9.78 Å². The van der Waals surface area contributed by atoms with E-state index in [1.54, 1.807) is 13.1 Å². The lowest BCUT2D eigenvalue weighted by atomic mass is 9.84. The van der Waals surface area contributed by atoms with Gasteiger partial charge in [0.1, 0.15) is 18.5 Å². The molecule has 1 aliphatic carbocycles. The van der Waals surface area contributed by atoms with Gasteiger partial charge in [0.25, 0.3) is 0 Å². The molecule has 8 heteroatoms. The molecule has 1 aromatic heterocycles. The number of pyridine rings is 1. The fourth-order valence-corrected chi connectivity index (χ4v) is 5.27. The highest BCUT2D eigenvalue weighted by atomic mass is 35.5. The Hall–Kier alpha value is -3.23. The van der Waals surface area contributed by atoms with Crippen molar-refractivity contribution in [1.82, 2.24) is 9.88 Å². The zero-order chi connectivity index (χ0) is 27.2. The number of benzene rings is 1. The maximum Gasteiger partial charge on any atom is 0.332 e. The Morgan fingerprint density at radius 2 is 2.05 bits per heavy atom. The average Bonchev–Trinajstić information content (AvgIpc) is 3.10. The number of ether oxygens (including phenoxy) is 3. The minimum Gasteiger partial charge on any atom is -0.464 e. The second-order valence-corrected chi connectivity index (χ2v) is 10.3. The molecule has 1 unspecified atom stereocenters. The number of piperidine rings is 1. The number of nitrogens with zero attached hydrogens (tertiary/aromatic N) is 2. The maximum absolute atomic E-state index is 11.9. The first kappa shape index (κ1) is 27.3. The van der Waals surface area contributed by atoms with E-state index in [9.17, 15) is 9.90 Å². The normalized spacial score (nSPS) is 21.2. The van der Waals surface area contributed by atoms with E-state index in [0.29, 0.717) is 36.1 Å². The van der Waals surface area contributed by atoms with E-state index < -0.39 is 17.7 Å². The molecule has 204 valence electrons. The quantitative estimate of drug-likeness (QED) is 0.453. The zero-order valence-corrected chi connectivity index (χ0v) is 22.8. The van der Waals surface area contributed by atoms with Crippen LogP contribution in [0.2, 0.25) is 5.02 Å². The van der Waals surface area contributed by atoms with Gasteiger partial charge in [0.05, 0.1) is 12.2 Å². The number of aliphatic hydroxyl groups is 1. The average molecular weight is 549 g/mol. The molecular formula is C31H33ClN2O5. The smallest absolute Gasteiger partial charge is 0.332 e. The van der Waals surface area contributed by atoms with E-state index in [2.05, 4.69) is 22.0 Å². The highest BCUT2D eigenvalue weighted by Crippen LogP contribution is 2.37. The molecule has 0 radical (unpaired) electrons. The number of likely N-dealkylation sites (tertiary alicyclic amines) is 1. The van der Waals surface area contributed by atoms with Crippen molar-refractivity contribution in [3.63, 3.8) is 0 Å². The van der Waals surface area contributed by atoms with Crippen LogP contribution in [0.4, 0.5) is 0 Å². The Kier molecular flexibility index (Phi) is 8.63. The Morgan fingerprint density at radius 3 is 2.82 bits per heavy atom. The van der Waals surface area contributed by atoms with Gasteiger partial charge in [0.2, 0.25) is 5.88 Å². The largest absolute Gasteiger partial charge is 0.464 e. The molecule has 3 aliphatic rings. The summed E-state index contributed by atoms with van der Waals surface area (Å²) < 4.78 is 17.1. The number of fused-ring (bicyclic) bond motifs is 2. The number of carbonyl (C=O) groups is 1. The molecule has 2 aromatic rings. The second-order valence-electron chi connectivity index (χ2n) is 9.84. The summed E-state index contributed by atoms with van der Waals surface area (Å²) in [6.07, 6.45) is 13.3. The Bertz CT molecular complexity index is 1310. The number of halogens is 1. The van der Waals surface area contributed by atoms with E-state index in [1.807, 2.05) is 54.6 Å². The van der Waals surface area contributed by atoms with Crippen LogP contribution >= 0.6 is 11.6 Å². The molecule has 1 saturated heterocycles. The molecule has 3 heterocycles. The number of rotatable bonds is 8.